The summed E-state index contributed by atoms with van der Waals surface area (Å²) in [5.74, 6) is -0.247. The highest BCUT2D eigenvalue weighted by molar-refractivity contribution is 5.74. The molecule has 0 aliphatic heterocycles. The third-order valence-corrected chi connectivity index (χ3v) is 2.50. The van der Waals surface area contributed by atoms with Crippen LogP contribution in [0.15, 0.2) is 30.3 Å². The standard InChI is InChI=1S/C13H17NO/c1-3-10(2)12-7-4-11(5-8-12)6-9-13(14)15/h3-5,7-8H,6,9H2,1-2H3,(H2,14,15)/b10-3-. The zero-order valence-corrected chi connectivity index (χ0v) is 9.29. The van der Waals surface area contributed by atoms with E-state index in [1.165, 1.54) is 11.1 Å². The van der Waals surface area contributed by atoms with Crippen molar-refractivity contribution >= 4 is 11.5 Å². The van der Waals surface area contributed by atoms with Gasteiger partial charge in [-0.15, -0.1) is 0 Å². The lowest BCUT2D eigenvalue weighted by molar-refractivity contribution is -0.117. The quantitative estimate of drug-likeness (QED) is 0.802. The smallest absolute Gasteiger partial charge is 0.217 e. The normalized spacial score (nSPS) is 11.5. The molecule has 2 heteroatoms. The Balaban J connectivity index is 2.68. The van der Waals surface area contributed by atoms with Crippen molar-refractivity contribution in [3.63, 3.8) is 0 Å². The molecule has 0 bridgehead atoms. The van der Waals surface area contributed by atoms with Crippen LogP contribution in [0.5, 0.6) is 0 Å². The van der Waals surface area contributed by atoms with E-state index in [2.05, 4.69) is 25.1 Å². The molecule has 0 aromatic heterocycles. The van der Waals surface area contributed by atoms with Crippen molar-refractivity contribution in [2.75, 3.05) is 0 Å². The Kier molecular flexibility index (Phi) is 4.10. The number of carbonyl (C=O) groups is 1. The highest BCUT2D eigenvalue weighted by Crippen LogP contribution is 2.14. The molecule has 0 aliphatic carbocycles. The minimum Gasteiger partial charge on any atom is -0.370 e. The Bertz CT molecular complexity index is 363. The average Bonchev–Trinajstić information content (AvgIpc) is 2.26. The van der Waals surface area contributed by atoms with Crippen LogP contribution in [0.1, 0.15) is 31.4 Å². The lowest BCUT2D eigenvalue weighted by Gasteiger charge is -2.03. The van der Waals surface area contributed by atoms with E-state index in [9.17, 15) is 4.79 Å². The number of primary amides is 1. The van der Waals surface area contributed by atoms with Crippen molar-refractivity contribution in [3.05, 3.63) is 41.5 Å². The summed E-state index contributed by atoms with van der Waals surface area (Å²) in [6, 6.07) is 8.24. The van der Waals surface area contributed by atoms with Gasteiger partial charge in [0.05, 0.1) is 0 Å². The van der Waals surface area contributed by atoms with Gasteiger partial charge in [0, 0.05) is 6.42 Å². The molecule has 0 aliphatic rings. The van der Waals surface area contributed by atoms with Gasteiger partial charge in [-0.2, -0.15) is 0 Å². The molecule has 1 aromatic rings. The predicted octanol–water partition coefficient (Wildman–Crippen LogP) is 2.53. The highest BCUT2D eigenvalue weighted by atomic mass is 16.1. The number of carbonyl (C=O) groups excluding carboxylic acids is 1. The second-order valence-electron chi connectivity index (χ2n) is 3.63. The van der Waals surface area contributed by atoms with Crippen LogP contribution in [0.25, 0.3) is 5.57 Å². The number of benzene rings is 1. The van der Waals surface area contributed by atoms with Gasteiger partial charge in [0.1, 0.15) is 0 Å². The maximum atomic E-state index is 10.6. The number of aryl methyl sites for hydroxylation is 1. The van der Waals surface area contributed by atoms with E-state index in [1.807, 2.05) is 19.1 Å². The van der Waals surface area contributed by atoms with Crippen LogP contribution in [0.3, 0.4) is 0 Å². The molecule has 0 radical (unpaired) electrons. The largest absolute Gasteiger partial charge is 0.370 e. The minimum absolute atomic E-state index is 0.247. The second kappa shape index (κ2) is 5.35. The molecule has 2 N–H and O–H groups in total. The number of hydrogen-bond donors (Lipinski definition) is 1. The summed E-state index contributed by atoms with van der Waals surface area (Å²) < 4.78 is 0. The van der Waals surface area contributed by atoms with Crippen molar-refractivity contribution in [2.24, 2.45) is 5.73 Å². The first kappa shape index (κ1) is 11.5. The molecular formula is C13H17NO. The van der Waals surface area contributed by atoms with Crippen LogP contribution < -0.4 is 5.73 Å². The Morgan fingerprint density at radius 1 is 1.33 bits per heavy atom. The van der Waals surface area contributed by atoms with Crippen molar-refractivity contribution in [3.8, 4) is 0 Å². The van der Waals surface area contributed by atoms with Crippen LogP contribution in [0, 0.1) is 0 Å². The molecule has 1 amide bonds. The summed E-state index contributed by atoms with van der Waals surface area (Å²) >= 11 is 0. The first-order valence-corrected chi connectivity index (χ1v) is 5.14. The molecule has 0 saturated carbocycles. The summed E-state index contributed by atoms with van der Waals surface area (Å²) in [6.07, 6.45) is 3.23. The van der Waals surface area contributed by atoms with Crippen molar-refractivity contribution in [2.45, 2.75) is 26.7 Å². The zero-order chi connectivity index (χ0) is 11.3. The molecule has 0 heterocycles. The molecule has 0 spiro atoms. The van der Waals surface area contributed by atoms with E-state index in [0.29, 0.717) is 6.42 Å². The monoisotopic (exact) mass is 203 g/mol. The third kappa shape index (κ3) is 3.58. The number of nitrogens with two attached hydrogens (primary N) is 1. The Hall–Kier alpha value is -1.57. The average molecular weight is 203 g/mol. The molecule has 0 atom stereocenters. The lowest BCUT2D eigenvalue weighted by atomic mass is 10.0. The molecule has 2 nitrogen and oxygen atoms in total. The minimum atomic E-state index is -0.247. The van der Waals surface area contributed by atoms with Gasteiger partial charge < -0.3 is 5.73 Å². The maximum Gasteiger partial charge on any atom is 0.217 e. The molecule has 15 heavy (non-hydrogen) atoms. The van der Waals surface area contributed by atoms with E-state index in [0.717, 1.165) is 12.0 Å². The van der Waals surface area contributed by atoms with Crippen LogP contribution in [0.4, 0.5) is 0 Å². The van der Waals surface area contributed by atoms with E-state index in [-0.39, 0.29) is 5.91 Å². The summed E-state index contributed by atoms with van der Waals surface area (Å²) in [4.78, 5) is 10.6. The fraction of sp³-hybridized carbons (Fsp3) is 0.308. The second-order valence-corrected chi connectivity index (χ2v) is 3.63. The Morgan fingerprint density at radius 3 is 2.40 bits per heavy atom. The number of hydrogen-bond acceptors (Lipinski definition) is 1. The van der Waals surface area contributed by atoms with Gasteiger partial charge in [-0.3, -0.25) is 4.79 Å². The summed E-state index contributed by atoms with van der Waals surface area (Å²) in [5.41, 5.74) is 8.73. The van der Waals surface area contributed by atoms with Gasteiger partial charge >= 0.3 is 0 Å². The van der Waals surface area contributed by atoms with Gasteiger partial charge in [-0.1, -0.05) is 30.3 Å². The lowest BCUT2D eigenvalue weighted by Crippen LogP contribution is -2.11. The SMILES string of the molecule is C/C=C(/C)c1ccc(CCC(N)=O)cc1. The van der Waals surface area contributed by atoms with Crippen LogP contribution in [-0.2, 0) is 11.2 Å². The van der Waals surface area contributed by atoms with Gasteiger partial charge in [-0.05, 0) is 37.0 Å². The molecular weight excluding hydrogens is 186 g/mol. The zero-order valence-electron chi connectivity index (χ0n) is 9.29. The molecule has 1 aromatic carbocycles. The van der Waals surface area contributed by atoms with Gasteiger partial charge in [0.25, 0.3) is 0 Å². The van der Waals surface area contributed by atoms with E-state index >= 15 is 0 Å². The van der Waals surface area contributed by atoms with Gasteiger partial charge in [0.2, 0.25) is 5.91 Å². The van der Waals surface area contributed by atoms with Crippen molar-refractivity contribution in [1.29, 1.82) is 0 Å². The Labute approximate surface area is 90.8 Å². The van der Waals surface area contributed by atoms with E-state index in [1.54, 1.807) is 0 Å². The predicted molar refractivity (Wildman–Crippen MR) is 63.3 cm³/mol. The number of amides is 1. The molecule has 0 fully saturated rings. The van der Waals surface area contributed by atoms with Gasteiger partial charge in [-0.25, -0.2) is 0 Å². The number of rotatable bonds is 4. The fourth-order valence-corrected chi connectivity index (χ4v) is 1.37. The Morgan fingerprint density at radius 2 is 1.93 bits per heavy atom. The van der Waals surface area contributed by atoms with Gasteiger partial charge in [0.15, 0.2) is 0 Å². The van der Waals surface area contributed by atoms with Crippen LogP contribution >= 0.6 is 0 Å². The number of allylic oxidation sites excluding steroid dienone is 2. The molecule has 0 unspecified atom stereocenters. The topological polar surface area (TPSA) is 43.1 Å². The van der Waals surface area contributed by atoms with Crippen molar-refractivity contribution < 1.29 is 4.79 Å². The summed E-state index contributed by atoms with van der Waals surface area (Å²) in [6.45, 7) is 4.11. The maximum absolute atomic E-state index is 10.6. The van der Waals surface area contributed by atoms with E-state index < -0.39 is 0 Å². The first-order valence-electron chi connectivity index (χ1n) is 5.14. The fourth-order valence-electron chi connectivity index (χ4n) is 1.37. The van der Waals surface area contributed by atoms with Crippen molar-refractivity contribution in [1.82, 2.24) is 0 Å². The van der Waals surface area contributed by atoms with Crippen LogP contribution in [-0.4, -0.2) is 5.91 Å². The summed E-state index contributed by atoms with van der Waals surface area (Å²) in [5, 5.41) is 0. The van der Waals surface area contributed by atoms with Crippen LogP contribution in [0.2, 0.25) is 0 Å². The van der Waals surface area contributed by atoms with E-state index in [4.69, 9.17) is 5.73 Å². The first-order chi connectivity index (χ1) is 7.13. The molecule has 0 saturated heterocycles. The molecule has 1 rings (SSSR count). The molecule has 80 valence electrons. The summed E-state index contributed by atoms with van der Waals surface area (Å²) in [7, 11) is 0. The highest BCUT2D eigenvalue weighted by Gasteiger charge is 1.98. The third-order valence-electron chi connectivity index (χ3n) is 2.50.